The molecule has 0 aromatic rings. The third-order valence-corrected chi connectivity index (χ3v) is 8.53. The van der Waals surface area contributed by atoms with Crippen LogP contribution in [-0.2, 0) is 4.79 Å². The standard InChI is InChI=1S/C41H75NO3/c1-3-5-7-9-11-13-15-17-19-20-21-22-23-25-27-29-31-33-35-37-41(45)42-39(38-43)40(44)36-34-32-30-28-26-24-18-16-14-12-10-8-6-4-2/h11,13,17,19,26,28,34,36,39-40,43-44H,3-10,12,14-16,18,20-25,27,29-33,35,37-38H2,1-2H3,(H,42,45)/b13-11-,19-17-,28-26+,36-34+. The minimum atomic E-state index is -0.862. The van der Waals surface area contributed by atoms with Gasteiger partial charge >= 0.3 is 0 Å². The van der Waals surface area contributed by atoms with Crippen molar-refractivity contribution in [3.63, 3.8) is 0 Å². The van der Waals surface area contributed by atoms with Crippen LogP contribution in [0.3, 0.4) is 0 Å². The Bertz CT molecular complexity index is 726. The molecule has 262 valence electrons. The molecule has 2 unspecified atom stereocenters. The number of aliphatic hydroxyl groups is 2. The van der Waals surface area contributed by atoms with Crippen LogP contribution < -0.4 is 5.32 Å². The van der Waals surface area contributed by atoms with E-state index in [1.54, 1.807) is 6.08 Å². The van der Waals surface area contributed by atoms with Crippen LogP contribution in [0, 0.1) is 0 Å². The van der Waals surface area contributed by atoms with E-state index in [0.29, 0.717) is 6.42 Å². The number of hydrogen-bond donors (Lipinski definition) is 3. The van der Waals surface area contributed by atoms with Crippen LogP contribution in [-0.4, -0.2) is 34.9 Å². The first-order valence-electron chi connectivity index (χ1n) is 19.4. The van der Waals surface area contributed by atoms with Gasteiger partial charge in [-0.25, -0.2) is 0 Å². The van der Waals surface area contributed by atoms with Crippen molar-refractivity contribution < 1.29 is 15.0 Å². The molecule has 0 saturated heterocycles. The summed E-state index contributed by atoms with van der Waals surface area (Å²) in [4.78, 5) is 12.3. The molecule has 0 rings (SSSR count). The van der Waals surface area contributed by atoms with Crippen molar-refractivity contribution in [2.24, 2.45) is 0 Å². The molecule has 4 nitrogen and oxygen atoms in total. The van der Waals surface area contributed by atoms with Crippen molar-refractivity contribution >= 4 is 5.91 Å². The van der Waals surface area contributed by atoms with Gasteiger partial charge in [0, 0.05) is 6.42 Å². The zero-order valence-electron chi connectivity index (χ0n) is 29.9. The number of nitrogens with one attached hydrogen (secondary N) is 1. The summed E-state index contributed by atoms with van der Waals surface area (Å²) in [5.74, 6) is -0.0811. The van der Waals surface area contributed by atoms with Crippen molar-refractivity contribution in [2.45, 2.75) is 199 Å². The summed E-state index contributed by atoms with van der Waals surface area (Å²) >= 11 is 0. The Hall–Kier alpha value is -1.65. The lowest BCUT2D eigenvalue weighted by Gasteiger charge is -2.19. The molecule has 0 aromatic heterocycles. The first-order valence-corrected chi connectivity index (χ1v) is 19.4. The van der Waals surface area contributed by atoms with Crippen LogP contribution in [0.25, 0.3) is 0 Å². The molecule has 0 heterocycles. The van der Waals surface area contributed by atoms with E-state index in [1.165, 1.54) is 128 Å². The molecule has 0 aliphatic heterocycles. The van der Waals surface area contributed by atoms with Crippen LogP contribution in [0.15, 0.2) is 48.6 Å². The maximum atomic E-state index is 12.3. The smallest absolute Gasteiger partial charge is 0.220 e. The number of hydrogen-bond acceptors (Lipinski definition) is 3. The number of aliphatic hydroxyl groups excluding tert-OH is 2. The van der Waals surface area contributed by atoms with Gasteiger partial charge in [0.05, 0.1) is 18.8 Å². The Balaban J connectivity index is 3.66. The molecule has 3 N–H and O–H groups in total. The lowest BCUT2D eigenvalue weighted by atomic mass is 10.1. The molecule has 0 bridgehead atoms. The fourth-order valence-corrected chi connectivity index (χ4v) is 5.52. The highest BCUT2D eigenvalue weighted by atomic mass is 16.3. The molecule has 0 spiro atoms. The molecule has 0 fully saturated rings. The van der Waals surface area contributed by atoms with Crippen molar-refractivity contribution in [2.75, 3.05) is 6.61 Å². The summed E-state index contributed by atoms with van der Waals surface area (Å²) in [5.41, 5.74) is 0. The zero-order chi connectivity index (χ0) is 32.9. The number of allylic oxidation sites excluding steroid dienone is 7. The van der Waals surface area contributed by atoms with E-state index in [-0.39, 0.29) is 12.5 Å². The summed E-state index contributed by atoms with van der Waals surface area (Å²) in [5, 5.41) is 22.9. The molecule has 0 aromatic carbocycles. The topological polar surface area (TPSA) is 69.6 Å². The van der Waals surface area contributed by atoms with Crippen LogP contribution in [0.4, 0.5) is 0 Å². The first kappa shape index (κ1) is 43.4. The van der Waals surface area contributed by atoms with Crippen molar-refractivity contribution in [1.82, 2.24) is 5.32 Å². The summed E-state index contributed by atoms with van der Waals surface area (Å²) in [6.45, 7) is 4.25. The fraction of sp³-hybridized carbons (Fsp3) is 0.780. The van der Waals surface area contributed by atoms with E-state index >= 15 is 0 Å². The highest BCUT2D eigenvalue weighted by Gasteiger charge is 2.17. The summed E-state index contributed by atoms with van der Waals surface area (Å²) in [7, 11) is 0. The molecule has 0 aliphatic rings. The van der Waals surface area contributed by atoms with Gasteiger partial charge in [-0.05, 0) is 64.2 Å². The maximum Gasteiger partial charge on any atom is 0.220 e. The second-order valence-electron chi connectivity index (χ2n) is 13.0. The Morgan fingerprint density at radius 2 is 0.933 bits per heavy atom. The van der Waals surface area contributed by atoms with Crippen molar-refractivity contribution in [3.8, 4) is 0 Å². The Labute approximate surface area is 280 Å². The van der Waals surface area contributed by atoms with Crippen LogP contribution in [0.5, 0.6) is 0 Å². The monoisotopic (exact) mass is 630 g/mol. The first-order chi connectivity index (χ1) is 22.2. The maximum absolute atomic E-state index is 12.3. The fourth-order valence-electron chi connectivity index (χ4n) is 5.52. The normalized spacial score (nSPS) is 13.6. The zero-order valence-corrected chi connectivity index (χ0v) is 29.9. The average molecular weight is 630 g/mol. The van der Waals surface area contributed by atoms with Crippen LogP contribution >= 0.6 is 0 Å². The Morgan fingerprint density at radius 1 is 0.533 bits per heavy atom. The Morgan fingerprint density at radius 3 is 1.47 bits per heavy atom. The third-order valence-electron chi connectivity index (χ3n) is 8.53. The van der Waals surface area contributed by atoms with E-state index in [1.807, 2.05) is 6.08 Å². The van der Waals surface area contributed by atoms with Crippen molar-refractivity contribution in [1.29, 1.82) is 0 Å². The van der Waals surface area contributed by atoms with E-state index in [0.717, 1.165) is 38.5 Å². The predicted molar refractivity (Wildman–Crippen MR) is 198 cm³/mol. The van der Waals surface area contributed by atoms with E-state index in [2.05, 4.69) is 55.6 Å². The lowest BCUT2D eigenvalue weighted by molar-refractivity contribution is -0.123. The van der Waals surface area contributed by atoms with Crippen molar-refractivity contribution in [3.05, 3.63) is 48.6 Å². The third kappa shape index (κ3) is 33.5. The highest BCUT2D eigenvalue weighted by Crippen LogP contribution is 2.13. The predicted octanol–water partition coefficient (Wildman–Crippen LogP) is 11.6. The van der Waals surface area contributed by atoms with E-state index in [4.69, 9.17) is 0 Å². The number of rotatable bonds is 34. The molecule has 4 heteroatoms. The lowest BCUT2D eigenvalue weighted by Crippen LogP contribution is -2.45. The van der Waals surface area contributed by atoms with Gasteiger partial charge < -0.3 is 15.5 Å². The SMILES string of the molecule is CCCCC/C=C\C/C=C\CCCCCCCCCCCC(=O)NC(CO)C(O)/C=C/CC/C=C/CCCCCCCCCC. The summed E-state index contributed by atoms with van der Waals surface area (Å²) < 4.78 is 0. The molecular formula is C41H75NO3. The van der Waals surface area contributed by atoms with Gasteiger partial charge in [0.25, 0.3) is 0 Å². The number of carbonyl (C=O) groups is 1. The second-order valence-corrected chi connectivity index (χ2v) is 13.0. The minimum Gasteiger partial charge on any atom is -0.394 e. The van der Waals surface area contributed by atoms with Gasteiger partial charge in [0.2, 0.25) is 5.91 Å². The highest BCUT2D eigenvalue weighted by molar-refractivity contribution is 5.76. The van der Waals surface area contributed by atoms with Crippen LogP contribution in [0.1, 0.15) is 187 Å². The van der Waals surface area contributed by atoms with Gasteiger partial charge in [0.15, 0.2) is 0 Å². The summed E-state index contributed by atoms with van der Waals surface area (Å²) in [6, 6.07) is -0.640. The number of unbranched alkanes of at least 4 members (excludes halogenated alkanes) is 21. The molecule has 0 aliphatic carbocycles. The quantitative estimate of drug-likeness (QED) is 0.0490. The molecular weight excluding hydrogens is 554 g/mol. The molecule has 1 amide bonds. The molecule has 0 radical (unpaired) electrons. The summed E-state index contributed by atoms with van der Waals surface area (Å²) in [6.07, 6.45) is 49.1. The Kier molecular flexibility index (Phi) is 35.5. The molecule has 0 saturated carbocycles. The van der Waals surface area contributed by atoms with Gasteiger partial charge in [-0.3, -0.25) is 4.79 Å². The van der Waals surface area contributed by atoms with Gasteiger partial charge in [-0.1, -0.05) is 165 Å². The second kappa shape index (κ2) is 36.8. The molecule has 45 heavy (non-hydrogen) atoms. The number of carbonyl (C=O) groups excluding carboxylic acids is 1. The van der Waals surface area contributed by atoms with Crippen LogP contribution in [0.2, 0.25) is 0 Å². The van der Waals surface area contributed by atoms with E-state index < -0.39 is 12.1 Å². The molecule has 2 atom stereocenters. The van der Waals surface area contributed by atoms with Gasteiger partial charge in [0.1, 0.15) is 0 Å². The largest absolute Gasteiger partial charge is 0.394 e. The average Bonchev–Trinajstić information content (AvgIpc) is 3.04. The van der Waals surface area contributed by atoms with Gasteiger partial charge in [-0.2, -0.15) is 0 Å². The van der Waals surface area contributed by atoms with E-state index in [9.17, 15) is 15.0 Å². The van der Waals surface area contributed by atoms with Gasteiger partial charge in [-0.15, -0.1) is 0 Å². The number of amides is 1. The minimum absolute atomic E-state index is 0.0811.